The number of anilines is 1. The van der Waals surface area contributed by atoms with Crippen molar-refractivity contribution in [1.29, 1.82) is 0 Å². The topological polar surface area (TPSA) is 119 Å². The van der Waals surface area contributed by atoms with E-state index in [4.69, 9.17) is 10.5 Å². The Kier molecular flexibility index (Phi) is 5.23. The highest BCUT2D eigenvalue weighted by Gasteiger charge is 2.33. The van der Waals surface area contributed by atoms with Crippen molar-refractivity contribution in [3.05, 3.63) is 58.7 Å². The Morgan fingerprint density at radius 1 is 1.11 bits per heavy atom. The minimum atomic E-state index is -0.675. The number of fused-ring (bicyclic) bond motifs is 2. The van der Waals surface area contributed by atoms with Crippen LogP contribution in [0.15, 0.2) is 36.4 Å². The number of benzene rings is 2. The van der Waals surface area contributed by atoms with E-state index in [0.29, 0.717) is 24.2 Å². The minimum absolute atomic E-state index is 0.00656. The molecule has 0 spiro atoms. The van der Waals surface area contributed by atoms with E-state index in [9.17, 15) is 19.5 Å². The minimum Gasteiger partial charge on any atom is -0.507 e. The Morgan fingerprint density at radius 3 is 2.37 bits per heavy atom. The van der Waals surface area contributed by atoms with E-state index in [1.54, 1.807) is 37.3 Å². The first-order valence-corrected chi connectivity index (χ1v) is 8.62. The SMILES string of the molecule is C[C@H](N)C(=O)OCCCNc1ccc(O)c2c1C(=O)c1ccccc1C2=O. The van der Waals surface area contributed by atoms with Crippen LogP contribution in [0, 0.1) is 0 Å². The van der Waals surface area contributed by atoms with Gasteiger partial charge in [-0.25, -0.2) is 0 Å². The molecule has 0 saturated heterocycles. The van der Waals surface area contributed by atoms with Crippen LogP contribution in [0.1, 0.15) is 45.2 Å². The molecule has 27 heavy (non-hydrogen) atoms. The highest BCUT2D eigenvalue weighted by atomic mass is 16.5. The van der Waals surface area contributed by atoms with Gasteiger partial charge in [0.05, 0.1) is 17.7 Å². The summed E-state index contributed by atoms with van der Waals surface area (Å²) < 4.78 is 4.99. The van der Waals surface area contributed by atoms with Crippen LogP contribution in [0.4, 0.5) is 5.69 Å². The maximum atomic E-state index is 12.9. The maximum Gasteiger partial charge on any atom is 0.322 e. The molecular formula is C20H20N2O5. The molecular weight excluding hydrogens is 348 g/mol. The van der Waals surface area contributed by atoms with Gasteiger partial charge in [0.2, 0.25) is 0 Å². The maximum absolute atomic E-state index is 12.9. The highest BCUT2D eigenvalue weighted by Crippen LogP contribution is 2.36. The van der Waals surface area contributed by atoms with E-state index >= 15 is 0 Å². The molecule has 0 bridgehead atoms. The van der Waals surface area contributed by atoms with Crippen LogP contribution in [-0.4, -0.2) is 41.8 Å². The number of ketones is 2. The molecule has 3 rings (SSSR count). The van der Waals surface area contributed by atoms with E-state index in [1.807, 2.05) is 0 Å². The summed E-state index contributed by atoms with van der Waals surface area (Å²) in [4.78, 5) is 36.9. The van der Waals surface area contributed by atoms with Gasteiger partial charge in [-0.1, -0.05) is 24.3 Å². The highest BCUT2D eigenvalue weighted by molar-refractivity contribution is 6.31. The molecule has 4 N–H and O–H groups in total. The van der Waals surface area contributed by atoms with Gasteiger partial charge in [0, 0.05) is 23.4 Å². The molecule has 7 nitrogen and oxygen atoms in total. The molecule has 0 saturated carbocycles. The fourth-order valence-electron chi connectivity index (χ4n) is 2.95. The molecule has 1 atom stereocenters. The molecule has 1 aliphatic rings. The smallest absolute Gasteiger partial charge is 0.322 e. The van der Waals surface area contributed by atoms with Gasteiger partial charge in [-0.2, -0.15) is 0 Å². The van der Waals surface area contributed by atoms with Crippen LogP contribution in [0.2, 0.25) is 0 Å². The number of phenols is 1. The number of ether oxygens (including phenoxy) is 1. The summed E-state index contributed by atoms with van der Waals surface area (Å²) >= 11 is 0. The predicted octanol–water partition coefficient (Wildman–Crippen LogP) is 1.86. The molecule has 2 aromatic carbocycles. The number of esters is 1. The van der Waals surface area contributed by atoms with Gasteiger partial charge in [0.15, 0.2) is 11.6 Å². The molecule has 0 radical (unpaired) electrons. The molecule has 0 heterocycles. The number of nitrogens with two attached hydrogens (primary N) is 1. The summed E-state index contributed by atoms with van der Waals surface area (Å²) in [5, 5.41) is 13.2. The van der Waals surface area contributed by atoms with Gasteiger partial charge in [0.25, 0.3) is 0 Å². The lowest BCUT2D eigenvalue weighted by molar-refractivity contribution is -0.144. The number of aromatic hydroxyl groups is 1. The molecule has 0 amide bonds. The first kappa shape index (κ1) is 18.6. The third-order valence-corrected chi connectivity index (χ3v) is 4.31. The summed E-state index contributed by atoms with van der Waals surface area (Å²) in [6, 6.07) is 8.81. The van der Waals surface area contributed by atoms with E-state index in [0.717, 1.165) is 0 Å². The zero-order valence-electron chi connectivity index (χ0n) is 14.8. The van der Waals surface area contributed by atoms with Crippen LogP contribution >= 0.6 is 0 Å². The first-order chi connectivity index (χ1) is 12.9. The third-order valence-electron chi connectivity index (χ3n) is 4.31. The molecule has 0 aromatic heterocycles. The van der Waals surface area contributed by atoms with E-state index in [-0.39, 0.29) is 40.6 Å². The normalized spacial score (nSPS) is 13.6. The average molecular weight is 368 g/mol. The third kappa shape index (κ3) is 3.54. The number of rotatable bonds is 6. The van der Waals surface area contributed by atoms with Crippen molar-refractivity contribution in [2.24, 2.45) is 5.73 Å². The Balaban J connectivity index is 1.78. The second-order valence-electron chi connectivity index (χ2n) is 6.32. The van der Waals surface area contributed by atoms with Crippen LogP contribution < -0.4 is 11.1 Å². The van der Waals surface area contributed by atoms with Crippen molar-refractivity contribution in [3.8, 4) is 5.75 Å². The molecule has 7 heteroatoms. The lowest BCUT2D eigenvalue weighted by Crippen LogP contribution is -2.29. The fourth-order valence-corrected chi connectivity index (χ4v) is 2.95. The standard InChI is InChI=1S/C20H20N2O5/c1-11(21)20(26)27-10-4-9-22-14-7-8-15(23)17-16(14)18(24)12-5-2-3-6-13(12)19(17)25/h2-3,5-8,11,22-23H,4,9-10,21H2,1H3/t11-/m0/s1. The van der Waals surface area contributed by atoms with Gasteiger partial charge in [0.1, 0.15) is 11.8 Å². The van der Waals surface area contributed by atoms with Crippen molar-refractivity contribution in [2.45, 2.75) is 19.4 Å². The fraction of sp³-hybridized carbons (Fsp3) is 0.250. The van der Waals surface area contributed by atoms with Crippen molar-refractivity contribution >= 4 is 23.2 Å². The molecule has 0 unspecified atom stereocenters. The van der Waals surface area contributed by atoms with Crippen LogP contribution in [0.25, 0.3) is 0 Å². The first-order valence-electron chi connectivity index (χ1n) is 8.62. The summed E-state index contributed by atoms with van der Waals surface area (Å²) in [7, 11) is 0. The molecule has 1 aliphatic carbocycles. The molecule has 0 aliphatic heterocycles. The van der Waals surface area contributed by atoms with Gasteiger partial charge >= 0.3 is 5.97 Å². The van der Waals surface area contributed by atoms with Crippen LogP contribution in [-0.2, 0) is 9.53 Å². The lowest BCUT2D eigenvalue weighted by atomic mass is 9.82. The Morgan fingerprint density at radius 2 is 1.74 bits per heavy atom. The Labute approximate surface area is 156 Å². The largest absolute Gasteiger partial charge is 0.507 e. The predicted molar refractivity (Wildman–Crippen MR) is 99.1 cm³/mol. The molecule has 2 aromatic rings. The molecule has 0 fully saturated rings. The zero-order chi connectivity index (χ0) is 19.6. The number of hydrogen-bond donors (Lipinski definition) is 3. The van der Waals surface area contributed by atoms with Crippen LogP contribution in [0.3, 0.4) is 0 Å². The van der Waals surface area contributed by atoms with Crippen molar-refractivity contribution < 1.29 is 24.2 Å². The zero-order valence-corrected chi connectivity index (χ0v) is 14.8. The average Bonchev–Trinajstić information content (AvgIpc) is 2.66. The summed E-state index contributed by atoms with van der Waals surface area (Å²) in [5.74, 6) is -1.40. The Bertz CT molecular complexity index is 921. The summed E-state index contributed by atoms with van der Waals surface area (Å²) in [6.07, 6.45) is 0.493. The number of carbonyl (C=O) groups is 3. The van der Waals surface area contributed by atoms with Gasteiger partial charge < -0.3 is 20.9 Å². The quantitative estimate of drug-likeness (QED) is 0.345. The second-order valence-corrected chi connectivity index (χ2v) is 6.32. The van der Waals surface area contributed by atoms with E-state index < -0.39 is 12.0 Å². The second kappa shape index (κ2) is 7.59. The lowest BCUT2D eigenvalue weighted by Gasteiger charge is -2.21. The number of nitrogens with one attached hydrogen (secondary N) is 1. The molecule has 140 valence electrons. The number of phenolic OH excluding ortho intramolecular Hbond substituents is 1. The summed E-state index contributed by atoms with van der Waals surface area (Å²) in [5.41, 5.74) is 6.63. The number of hydrogen-bond acceptors (Lipinski definition) is 7. The van der Waals surface area contributed by atoms with Crippen molar-refractivity contribution in [2.75, 3.05) is 18.5 Å². The van der Waals surface area contributed by atoms with Gasteiger partial charge in [-0.05, 0) is 25.5 Å². The Hall–Kier alpha value is -3.19. The van der Waals surface area contributed by atoms with Gasteiger partial charge in [-0.15, -0.1) is 0 Å². The summed E-state index contributed by atoms with van der Waals surface area (Å²) in [6.45, 7) is 2.14. The van der Waals surface area contributed by atoms with Crippen molar-refractivity contribution in [1.82, 2.24) is 0 Å². The monoisotopic (exact) mass is 368 g/mol. The van der Waals surface area contributed by atoms with Crippen LogP contribution in [0.5, 0.6) is 5.75 Å². The van der Waals surface area contributed by atoms with E-state index in [2.05, 4.69) is 5.32 Å². The van der Waals surface area contributed by atoms with Gasteiger partial charge in [-0.3, -0.25) is 14.4 Å². The number of carbonyl (C=O) groups excluding carboxylic acids is 3. The van der Waals surface area contributed by atoms with Crippen molar-refractivity contribution in [3.63, 3.8) is 0 Å². The van der Waals surface area contributed by atoms with E-state index in [1.165, 1.54) is 6.07 Å².